The molecule has 4 rings (SSSR count). The van der Waals surface area contributed by atoms with Crippen LogP contribution < -0.4 is 10.2 Å². The molecule has 2 N–H and O–H groups in total. The largest absolute Gasteiger partial charge is 0.506 e. The minimum absolute atomic E-state index is 0.0449. The van der Waals surface area contributed by atoms with E-state index in [2.05, 4.69) is 19.2 Å². The number of fused-ring (bicyclic) bond motifs is 1. The second kappa shape index (κ2) is 6.23. The molecule has 1 aromatic carbocycles. The molecule has 2 aliphatic rings. The van der Waals surface area contributed by atoms with Crippen molar-refractivity contribution >= 4 is 34.4 Å². The molecule has 5 nitrogen and oxygen atoms in total. The molecule has 0 bridgehead atoms. The number of amides is 1. The number of nitrogens with one attached hydrogen (secondary N) is 1. The van der Waals surface area contributed by atoms with Gasteiger partial charge < -0.3 is 10.4 Å². The molecule has 0 saturated heterocycles. The standard InChI is InChI=1S/C21H22N2O3S/c1-12(24)23-15-5-4-6-16(25)19(15)22-14-9-21(2,3)10-17(26)18(14)20(23)13-7-8-27-11-13/h4-8,11,20,22,25H,9-10H2,1-3H3. The predicted molar refractivity (Wildman–Crippen MR) is 107 cm³/mol. The van der Waals surface area contributed by atoms with E-state index < -0.39 is 6.04 Å². The van der Waals surface area contributed by atoms with Gasteiger partial charge in [0.25, 0.3) is 0 Å². The van der Waals surface area contributed by atoms with E-state index in [9.17, 15) is 14.7 Å². The molecule has 140 valence electrons. The fourth-order valence-corrected chi connectivity index (χ4v) is 4.82. The zero-order valence-corrected chi connectivity index (χ0v) is 16.4. The lowest BCUT2D eigenvalue weighted by molar-refractivity contribution is -0.118. The first-order valence-electron chi connectivity index (χ1n) is 8.95. The molecule has 0 spiro atoms. The molecule has 1 unspecified atom stereocenters. The Hall–Kier alpha value is -2.60. The number of nitrogens with zero attached hydrogens (tertiary/aromatic N) is 1. The third kappa shape index (κ3) is 2.94. The molecule has 1 aliphatic carbocycles. The van der Waals surface area contributed by atoms with Crippen LogP contribution in [0.2, 0.25) is 0 Å². The first-order valence-corrected chi connectivity index (χ1v) is 9.90. The van der Waals surface area contributed by atoms with E-state index in [0.29, 0.717) is 29.8 Å². The molecule has 0 saturated carbocycles. The lowest BCUT2D eigenvalue weighted by Crippen LogP contribution is -2.38. The summed E-state index contributed by atoms with van der Waals surface area (Å²) in [6.07, 6.45) is 1.11. The fraction of sp³-hybridized carbons (Fsp3) is 0.333. The van der Waals surface area contributed by atoms with Gasteiger partial charge >= 0.3 is 0 Å². The summed E-state index contributed by atoms with van der Waals surface area (Å²) in [5.74, 6) is -0.0675. The maximum atomic E-state index is 13.2. The smallest absolute Gasteiger partial charge is 0.224 e. The van der Waals surface area contributed by atoms with Crippen molar-refractivity contribution in [2.24, 2.45) is 5.41 Å². The van der Waals surface area contributed by atoms with Gasteiger partial charge in [-0.15, -0.1) is 0 Å². The van der Waals surface area contributed by atoms with Gasteiger partial charge in [0.15, 0.2) is 5.78 Å². The summed E-state index contributed by atoms with van der Waals surface area (Å²) in [7, 11) is 0. The van der Waals surface area contributed by atoms with E-state index in [0.717, 1.165) is 11.3 Å². The van der Waals surface area contributed by atoms with Crippen LogP contribution in [0.1, 0.15) is 45.2 Å². The molecule has 6 heteroatoms. The highest BCUT2D eigenvalue weighted by Gasteiger charge is 2.43. The summed E-state index contributed by atoms with van der Waals surface area (Å²) < 4.78 is 0. The molecule has 27 heavy (non-hydrogen) atoms. The first-order chi connectivity index (χ1) is 12.8. The van der Waals surface area contributed by atoms with Crippen molar-refractivity contribution in [3.63, 3.8) is 0 Å². The lowest BCUT2D eigenvalue weighted by Gasteiger charge is -2.36. The molecule has 0 radical (unpaired) electrons. The zero-order chi connectivity index (χ0) is 19.3. The molecule has 1 aromatic heterocycles. The summed E-state index contributed by atoms with van der Waals surface area (Å²) in [5, 5.41) is 17.7. The number of carbonyl (C=O) groups is 2. The SMILES string of the molecule is CC(=O)N1c2cccc(O)c2NC2=C(C(=O)CC(C)(C)C2)C1c1ccsc1. The van der Waals surface area contributed by atoms with E-state index >= 15 is 0 Å². The third-order valence-corrected chi connectivity index (χ3v) is 5.91. The normalized spacial score (nSPS) is 21.2. The predicted octanol–water partition coefficient (Wildman–Crippen LogP) is 4.62. The van der Waals surface area contributed by atoms with Gasteiger partial charge in [-0.3, -0.25) is 14.5 Å². The molecular formula is C21H22N2O3S. The number of allylic oxidation sites excluding steroid dienone is 1. The number of Topliss-reactive ketones (excluding diaryl/α,β-unsaturated/α-hetero) is 1. The number of rotatable bonds is 1. The number of phenols is 1. The van der Waals surface area contributed by atoms with Crippen molar-refractivity contribution < 1.29 is 14.7 Å². The Balaban J connectivity index is 2.03. The Morgan fingerprint density at radius 1 is 1.30 bits per heavy atom. The van der Waals surface area contributed by atoms with Gasteiger partial charge in [-0.25, -0.2) is 0 Å². The molecular weight excluding hydrogens is 360 g/mol. The van der Waals surface area contributed by atoms with Crippen molar-refractivity contribution in [1.82, 2.24) is 0 Å². The highest BCUT2D eigenvalue weighted by Crippen LogP contribution is 2.50. The van der Waals surface area contributed by atoms with Crippen LogP contribution in [-0.2, 0) is 9.59 Å². The number of hydrogen-bond donors (Lipinski definition) is 2. The Bertz CT molecular complexity index is 960. The average Bonchev–Trinajstić information content (AvgIpc) is 3.04. The van der Waals surface area contributed by atoms with Crippen LogP contribution in [0.25, 0.3) is 0 Å². The number of ketones is 1. The molecule has 1 amide bonds. The zero-order valence-electron chi connectivity index (χ0n) is 15.6. The lowest BCUT2D eigenvalue weighted by atomic mass is 9.73. The van der Waals surface area contributed by atoms with Crippen LogP contribution >= 0.6 is 11.3 Å². The van der Waals surface area contributed by atoms with Gasteiger partial charge in [0.05, 0.1) is 11.7 Å². The minimum Gasteiger partial charge on any atom is -0.506 e. The number of carbonyl (C=O) groups excluding carboxylic acids is 2. The second-order valence-corrected chi connectivity index (χ2v) is 8.76. The summed E-state index contributed by atoms with van der Waals surface area (Å²) >= 11 is 1.54. The van der Waals surface area contributed by atoms with E-state index in [1.54, 1.807) is 23.1 Å². The topological polar surface area (TPSA) is 69.6 Å². The number of thiophene rings is 1. The highest BCUT2D eigenvalue weighted by atomic mass is 32.1. The van der Waals surface area contributed by atoms with Gasteiger partial charge in [0, 0.05) is 24.6 Å². The van der Waals surface area contributed by atoms with E-state index in [4.69, 9.17) is 0 Å². The Kier molecular flexibility index (Phi) is 4.11. The van der Waals surface area contributed by atoms with Crippen LogP contribution in [-0.4, -0.2) is 16.8 Å². The Morgan fingerprint density at radius 2 is 2.07 bits per heavy atom. The highest BCUT2D eigenvalue weighted by molar-refractivity contribution is 7.08. The summed E-state index contributed by atoms with van der Waals surface area (Å²) in [5.41, 5.74) is 3.20. The number of aromatic hydroxyl groups is 1. The van der Waals surface area contributed by atoms with E-state index in [-0.39, 0.29) is 22.9 Å². The van der Waals surface area contributed by atoms with Crippen molar-refractivity contribution in [3.8, 4) is 5.75 Å². The summed E-state index contributed by atoms with van der Waals surface area (Å²) in [4.78, 5) is 27.6. The van der Waals surface area contributed by atoms with Gasteiger partial charge in [-0.05, 0) is 46.4 Å². The van der Waals surface area contributed by atoms with E-state index in [1.807, 2.05) is 16.8 Å². The Labute approximate surface area is 162 Å². The number of anilines is 2. The summed E-state index contributed by atoms with van der Waals surface area (Å²) in [6.45, 7) is 5.63. The number of hydrogen-bond acceptors (Lipinski definition) is 5. The third-order valence-electron chi connectivity index (χ3n) is 5.21. The average molecular weight is 382 g/mol. The van der Waals surface area contributed by atoms with Crippen molar-refractivity contribution in [2.45, 2.75) is 39.7 Å². The molecule has 1 atom stereocenters. The second-order valence-electron chi connectivity index (χ2n) is 7.98. The van der Waals surface area contributed by atoms with Gasteiger partial charge in [-0.1, -0.05) is 19.9 Å². The monoisotopic (exact) mass is 382 g/mol. The number of benzene rings is 1. The van der Waals surface area contributed by atoms with Gasteiger partial charge in [0.2, 0.25) is 5.91 Å². The van der Waals surface area contributed by atoms with Crippen LogP contribution in [0.4, 0.5) is 11.4 Å². The van der Waals surface area contributed by atoms with Gasteiger partial charge in [0.1, 0.15) is 11.4 Å². The first kappa shape index (κ1) is 17.8. The maximum absolute atomic E-state index is 13.2. The molecule has 0 fully saturated rings. The molecule has 2 aromatic rings. The van der Waals surface area contributed by atoms with E-state index in [1.165, 1.54) is 18.3 Å². The van der Waals surface area contributed by atoms with Crippen LogP contribution in [0.15, 0.2) is 46.3 Å². The summed E-state index contributed by atoms with van der Waals surface area (Å²) in [6, 6.07) is 6.56. The number of para-hydroxylation sites is 1. The maximum Gasteiger partial charge on any atom is 0.224 e. The Morgan fingerprint density at radius 3 is 2.74 bits per heavy atom. The van der Waals surface area contributed by atoms with Crippen molar-refractivity contribution in [3.05, 3.63) is 51.9 Å². The van der Waals surface area contributed by atoms with Gasteiger partial charge in [-0.2, -0.15) is 11.3 Å². The quantitative estimate of drug-likeness (QED) is 0.706. The van der Waals surface area contributed by atoms with Crippen LogP contribution in [0.5, 0.6) is 5.75 Å². The van der Waals surface area contributed by atoms with Crippen molar-refractivity contribution in [1.29, 1.82) is 0 Å². The minimum atomic E-state index is -0.497. The molecule has 2 heterocycles. The fourth-order valence-electron chi connectivity index (χ4n) is 4.14. The van der Waals surface area contributed by atoms with Crippen LogP contribution in [0.3, 0.4) is 0 Å². The number of phenolic OH excluding ortho intramolecular Hbond substituents is 1. The van der Waals surface area contributed by atoms with Crippen LogP contribution in [0, 0.1) is 5.41 Å². The molecule has 1 aliphatic heterocycles. The van der Waals surface area contributed by atoms with Crippen molar-refractivity contribution in [2.75, 3.05) is 10.2 Å².